The number of hydrogen-bond acceptors (Lipinski definition) is 1. The van der Waals surface area contributed by atoms with Crippen LogP contribution in [-0.2, 0) is 0 Å². The summed E-state index contributed by atoms with van der Waals surface area (Å²) in [5.74, 6) is -0.508. The van der Waals surface area contributed by atoms with Crippen molar-refractivity contribution in [2.45, 2.75) is 38.2 Å². The monoisotopic (exact) mass is 254 g/mol. The zero-order chi connectivity index (χ0) is 12.3. The van der Waals surface area contributed by atoms with Crippen LogP contribution in [0.3, 0.4) is 0 Å². The third-order valence-electron chi connectivity index (χ3n) is 3.20. The van der Waals surface area contributed by atoms with Gasteiger partial charge in [-0.25, -0.2) is 4.39 Å². The van der Waals surface area contributed by atoms with Crippen LogP contribution in [0.2, 0.25) is 5.02 Å². The van der Waals surface area contributed by atoms with Crippen LogP contribution in [0.25, 0.3) is 0 Å². The van der Waals surface area contributed by atoms with E-state index in [1.165, 1.54) is 12.5 Å². The lowest BCUT2D eigenvalue weighted by atomic mass is 9.97. The van der Waals surface area contributed by atoms with E-state index in [0.717, 1.165) is 31.3 Å². The molecule has 0 radical (unpaired) electrons. The first-order valence-corrected chi connectivity index (χ1v) is 6.39. The molecule has 1 aromatic rings. The van der Waals surface area contributed by atoms with E-state index in [-0.39, 0.29) is 10.6 Å². The Hall–Kier alpha value is -0.860. The molecule has 1 aliphatic rings. The first-order valence-electron chi connectivity index (χ1n) is 6.01. The minimum atomic E-state index is -0.855. The minimum absolute atomic E-state index is 0.0655. The van der Waals surface area contributed by atoms with Crippen molar-refractivity contribution in [3.05, 3.63) is 46.3 Å². The predicted molar refractivity (Wildman–Crippen MR) is 67.5 cm³/mol. The van der Waals surface area contributed by atoms with Crippen LogP contribution in [0.1, 0.15) is 43.8 Å². The van der Waals surface area contributed by atoms with Gasteiger partial charge in [0.15, 0.2) is 0 Å². The van der Waals surface area contributed by atoms with Crippen LogP contribution in [-0.4, -0.2) is 5.11 Å². The highest BCUT2D eigenvalue weighted by molar-refractivity contribution is 6.30. The Labute approximate surface area is 106 Å². The highest BCUT2D eigenvalue weighted by Gasteiger charge is 2.19. The lowest BCUT2D eigenvalue weighted by molar-refractivity contribution is 0.205. The Morgan fingerprint density at radius 3 is 2.88 bits per heavy atom. The Bertz CT molecular complexity index is 428. The van der Waals surface area contributed by atoms with Gasteiger partial charge in [0.2, 0.25) is 0 Å². The number of hydrogen-bond donors (Lipinski definition) is 1. The average Bonchev–Trinajstić information content (AvgIpc) is 2.60. The second kappa shape index (κ2) is 5.65. The highest BCUT2D eigenvalue weighted by Crippen LogP contribution is 2.32. The number of benzene rings is 1. The summed E-state index contributed by atoms with van der Waals surface area (Å²) in [4.78, 5) is 0. The van der Waals surface area contributed by atoms with Gasteiger partial charge in [-0.15, -0.1) is 0 Å². The van der Waals surface area contributed by atoms with Crippen molar-refractivity contribution in [2.24, 2.45) is 0 Å². The van der Waals surface area contributed by atoms with Gasteiger partial charge < -0.3 is 5.11 Å². The number of aliphatic hydroxyl groups excluding tert-OH is 1. The van der Waals surface area contributed by atoms with Crippen LogP contribution >= 0.6 is 11.6 Å². The second-order valence-corrected chi connectivity index (χ2v) is 4.83. The first-order chi connectivity index (χ1) is 8.20. The molecule has 0 saturated carbocycles. The van der Waals surface area contributed by atoms with E-state index < -0.39 is 11.9 Å². The molecule has 3 heteroatoms. The third kappa shape index (κ3) is 2.88. The summed E-state index contributed by atoms with van der Waals surface area (Å²) in [5, 5.41) is 10.3. The fraction of sp³-hybridized carbons (Fsp3) is 0.429. The maximum Gasteiger partial charge on any atom is 0.147 e. The van der Waals surface area contributed by atoms with Gasteiger partial charge in [-0.05, 0) is 37.3 Å². The fourth-order valence-electron chi connectivity index (χ4n) is 2.22. The van der Waals surface area contributed by atoms with Crippen molar-refractivity contribution in [3.8, 4) is 0 Å². The molecule has 1 atom stereocenters. The summed E-state index contributed by atoms with van der Waals surface area (Å²) >= 11 is 5.72. The van der Waals surface area contributed by atoms with Crippen LogP contribution in [0.15, 0.2) is 29.8 Å². The molecule has 17 heavy (non-hydrogen) atoms. The Morgan fingerprint density at radius 2 is 2.06 bits per heavy atom. The zero-order valence-electron chi connectivity index (χ0n) is 9.63. The van der Waals surface area contributed by atoms with Crippen LogP contribution < -0.4 is 0 Å². The summed E-state index contributed by atoms with van der Waals surface area (Å²) in [6.45, 7) is 0. The van der Waals surface area contributed by atoms with E-state index >= 15 is 0 Å². The van der Waals surface area contributed by atoms with Gasteiger partial charge >= 0.3 is 0 Å². The molecule has 0 bridgehead atoms. The maximum absolute atomic E-state index is 13.8. The van der Waals surface area contributed by atoms with E-state index in [1.807, 2.05) is 6.08 Å². The van der Waals surface area contributed by atoms with Gasteiger partial charge in [-0.2, -0.15) is 0 Å². The molecule has 1 nitrogen and oxygen atoms in total. The fourth-order valence-corrected chi connectivity index (χ4v) is 2.40. The molecule has 0 amide bonds. The van der Waals surface area contributed by atoms with Crippen molar-refractivity contribution < 1.29 is 9.50 Å². The summed E-state index contributed by atoms with van der Waals surface area (Å²) in [7, 11) is 0. The number of allylic oxidation sites excluding steroid dienone is 1. The predicted octanol–water partition coefficient (Wildman–Crippen LogP) is 4.40. The van der Waals surface area contributed by atoms with Gasteiger partial charge in [-0.1, -0.05) is 36.2 Å². The van der Waals surface area contributed by atoms with Crippen molar-refractivity contribution in [1.29, 1.82) is 0 Å². The molecule has 0 aliphatic heterocycles. The van der Waals surface area contributed by atoms with Gasteiger partial charge in [0.1, 0.15) is 11.9 Å². The number of halogens is 2. The molecule has 1 N–H and O–H groups in total. The van der Waals surface area contributed by atoms with Gasteiger partial charge in [0.05, 0.1) is 5.02 Å². The molecule has 0 heterocycles. The standard InChI is InChI=1S/C14H16ClFO/c15-12-9-5-8-11(13(12)16)14(17)10-6-3-1-2-4-7-10/h5-6,8-9,14,17H,1-4,7H2. The van der Waals surface area contributed by atoms with Crippen molar-refractivity contribution in [2.75, 3.05) is 0 Å². The largest absolute Gasteiger partial charge is 0.384 e. The minimum Gasteiger partial charge on any atom is -0.384 e. The molecular formula is C14H16ClFO. The van der Waals surface area contributed by atoms with E-state index in [2.05, 4.69) is 0 Å². The van der Waals surface area contributed by atoms with E-state index in [1.54, 1.807) is 12.1 Å². The molecule has 0 aromatic heterocycles. The molecule has 1 aliphatic carbocycles. The highest BCUT2D eigenvalue weighted by atomic mass is 35.5. The lowest BCUT2D eigenvalue weighted by Crippen LogP contribution is -2.04. The quantitative estimate of drug-likeness (QED) is 0.776. The second-order valence-electron chi connectivity index (χ2n) is 4.42. The molecule has 0 saturated heterocycles. The van der Waals surface area contributed by atoms with Crippen LogP contribution in [0.4, 0.5) is 4.39 Å². The van der Waals surface area contributed by atoms with Crippen LogP contribution in [0, 0.1) is 5.82 Å². The van der Waals surface area contributed by atoms with Crippen molar-refractivity contribution in [1.82, 2.24) is 0 Å². The number of rotatable bonds is 2. The molecule has 0 fully saturated rings. The van der Waals surface area contributed by atoms with Crippen LogP contribution in [0.5, 0.6) is 0 Å². The third-order valence-corrected chi connectivity index (χ3v) is 3.50. The summed E-state index contributed by atoms with van der Waals surface area (Å²) in [6.07, 6.45) is 6.37. The smallest absolute Gasteiger partial charge is 0.147 e. The van der Waals surface area contributed by atoms with Gasteiger partial charge in [-0.3, -0.25) is 0 Å². The van der Waals surface area contributed by atoms with E-state index in [4.69, 9.17) is 11.6 Å². The first kappa shape index (κ1) is 12.6. The van der Waals surface area contributed by atoms with E-state index in [0.29, 0.717) is 0 Å². The zero-order valence-corrected chi connectivity index (χ0v) is 10.4. The van der Waals surface area contributed by atoms with E-state index in [9.17, 15) is 9.50 Å². The summed E-state index contributed by atoms with van der Waals surface area (Å²) in [6, 6.07) is 4.76. The average molecular weight is 255 g/mol. The Kier molecular flexibility index (Phi) is 4.19. The summed E-state index contributed by atoms with van der Waals surface area (Å²) in [5.41, 5.74) is 1.20. The molecule has 0 spiro atoms. The summed E-state index contributed by atoms with van der Waals surface area (Å²) < 4.78 is 13.8. The molecule has 1 unspecified atom stereocenters. The topological polar surface area (TPSA) is 20.2 Å². The molecule has 1 aromatic carbocycles. The number of aliphatic hydroxyl groups is 1. The lowest BCUT2D eigenvalue weighted by Gasteiger charge is -2.15. The maximum atomic E-state index is 13.8. The Balaban J connectivity index is 2.26. The molecular weight excluding hydrogens is 239 g/mol. The van der Waals surface area contributed by atoms with Gasteiger partial charge in [0.25, 0.3) is 0 Å². The Morgan fingerprint density at radius 1 is 1.24 bits per heavy atom. The molecule has 92 valence electrons. The SMILES string of the molecule is OC(C1=CCCCCC1)c1cccc(Cl)c1F. The van der Waals surface area contributed by atoms with Crippen molar-refractivity contribution >= 4 is 11.6 Å². The van der Waals surface area contributed by atoms with Crippen molar-refractivity contribution in [3.63, 3.8) is 0 Å². The normalized spacial score (nSPS) is 18.4. The molecule has 2 rings (SSSR count). The van der Waals surface area contributed by atoms with Gasteiger partial charge in [0, 0.05) is 5.56 Å².